The van der Waals surface area contributed by atoms with E-state index in [-0.39, 0.29) is 49.6 Å². The molecule has 0 unspecified atom stereocenters. The van der Waals surface area contributed by atoms with Gasteiger partial charge < -0.3 is 0 Å². The summed E-state index contributed by atoms with van der Waals surface area (Å²) in [7, 11) is 0. The predicted octanol–water partition coefficient (Wildman–Crippen LogP) is 5.05. The van der Waals surface area contributed by atoms with Gasteiger partial charge in [0.2, 0.25) is 0 Å². The van der Waals surface area contributed by atoms with Crippen molar-refractivity contribution in [2.24, 2.45) is 0 Å². The van der Waals surface area contributed by atoms with Gasteiger partial charge in [-0.1, -0.05) is 52.4 Å². The minimum absolute atomic E-state index is 0. The van der Waals surface area contributed by atoms with Crippen LogP contribution in [-0.2, 0) is 0 Å². The van der Waals surface area contributed by atoms with Crippen molar-refractivity contribution in [3.63, 3.8) is 0 Å². The van der Waals surface area contributed by atoms with Crippen molar-refractivity contribution in [1.29, 1.82) is 0 Å². The summed E-state index contributed by atoms with van der Waals surface area (Å²) in [4.78, 5) is 0. The predicted molar refractivity (Wildman–Crippen MR) is 68.0 cm³/mol. The first-order valence-corrected chi connectivity index (χ1v) is 3.91. The van der Waals surface area contributed by atoms with E-state index in [1.54, 1.807) is 0 Å². The summed E-state index contributed by atoms with van der Waals surface area (Å²) in [6.07, 6.45) is 8.49. The largest absolute Gasteiger partial charge is 0.147 e. The van der Waals surface area contributed by atoms with Crippen molar-refractivity contribution in [2.45, 2.75) is 52.4 Å². The van der Waals surface area contributed by atoms with Crippen LogP contribution in [0.5, 0.6) is 0 Å². The van der Waals surface area contributed by atoms with Crippen LogP contribution in [0, 0.1) is 0 Å². The highest BCUT2D eigenvalue weighted by molar-refractivity contribution is 5.86. The molecule has 0 aromatic rings. The highest BCUT2D eigenvalue weighted by Gasteiger charge is 1.83. The molecule has 0 rings (SSSR count). The van der Waals surface area contributed by atoms with Crippen LogP contribution in [0.4, 0.5) is 0 Å². The Morgan fingerprint density at radius 3 is 0.917 bits per heavy atom. The fraction of sp³-hybridized carbons (Fsp3) is 1.00. The lowest BCUT2D eigenvalue weighted by Gasteiger charge is -1.93. The molecule has 4 heteroatoms. The third-order valence-corrected chi connectivity index (χ3v) is 1.46. The molecule has 0 aromatic heterocycles. The van der Waals surface area contributed by atoms with E-state index in [4.69, 9.17) is 0 Å². The quantitative estimate of drug-likeness (QED) is 0.606. The maximum absolute atomic E-state index is 2.26. The van der Waals surface area contributed by atoms with Crippen molar-refractivity contribution in [2.75, 3.05) is 0 Å². The molecule has 0 aliphatic heterocycles. The van der Waals surface area contributed by atoms with Gasteiger partial charge in [-0.05, 0) is 0 Å². The van der Waals surface area contributed by atoms with Crippen LogP contribution in [0.3, 0.4) is 0 Å². The molecule has 0 aliphatic rings. The molecule has 0 atom stereocenters. The third kappa shape index (κ3) is 30.4. The van der Waals surface area contributed by atoms with Gasteiger partial charge in [0.1, 0.15) is 0 Å². The van der Waals surface area contributed by atoms with Crippen LogP contribution < -0.4 is 0 Å². The van der Waals surface area contributed by atoms with Gasteiger partial charge in [0.15, 0.2) is 0 Å². The zero-order chi connectivity index (χ0) is 6.24. The van der Waals surface area contributed by atoms with E-state index >= 15 is 0 Å². The van der Waals surface area contributed by atoms with Gasteiger partial charge in [0.25, 0.3) is 0 Å². The SMILES string of the molecule is CCCCCCCC.Cl.Cl.Cl.Cl. The Labute approximate surface area is 102 Å². The van der Waals surface area contributed by atoms with Gasteiger partial charge >= 0.3 is 0 Å². The molecule has 0 radical (unpaired) electrons. The second kappa shape index (κ2) is 29.5. The first kappa shape index (κ1) is 29.2. The van der Waals surface area contributed by atoms with Gasteiger partial charge in [-0.3, -0.25) is 0 Å². The Bertz CT molecular complexity index is 36.0. The van der Waals surface area contributed by atoms with Gasteiger partial charge in [0, 0.05) is 0 Å². The number of hydrogen-bond donors (Lipinski definition) is 0. The molecule has 0 saturated carbocycles. The molecule has 0 fully saturated rings. The Morgan fingerprint density at radius 1 is 0.500 bits per heavy atom. The molecule has 82 valence electrons. The smallest absolute Gasteiger partial charge is 0.0533 e. The highest BCUT2D eigenvalue weighted by Crippen LogP contribution is 2.03. The maximum Gasteiger partial charge on any atom is -0.0533 e. The van der Waals surface area contributed by atoms with E-state index in [1.807, 2.05) is 0 Å². The Kier molecular flexibility index (Phi) is 71.9. The molecular formula is C8H22Cl4. The average molecular weight is 260 g/mol. The molecular weight excluding hydrogens is 238 g/mol. The van der Waals surface area contributed by atoms with E-state index in [9.17, 15) is 0 Å². The van der Waals surface area contributed by atoms with E-state index in [0.29, 0.717) is 0 Å². The fourth-order valence-corrected chi connectivity index (χ4v) is 0.854. The third-order valence-electron chi connectivity index (χ3n) is 1.46. The minimum Gasteiger partial charge on any atom is -0.147 e. The van der Waals surface area contributed by atoms with Crippen LogP contribution >= 0.6 is 49.6 Å². The van der Waals surface area contributed by atoms with Gasteiger partial charge in [-0.25, -0.2) is 0 Å². The molecule has 0 nitrogen and oxygen atoms in total. The van der Waals surface area contributed by atoms with Crippen molar-refractivity contribution in [1.82, 2.24) is 0 Å². The number of halogens is 4. The van der Waals surface area contributed by atoms with Gasteiger partial charge in [-0.2, -0.15) is 0 Å². The summed E-state index contributed by atoms with van der Waals surface area (Å²) in [6.45, 7) is 4.51. The number of unbranched alkanes of at least 4 members (excludes halogenated alkanes) is 5. The van der Waals surface area contributed by atoms with Crippen molar-refractivity contribution >= 4 is 49.6 Å². The molecule has 0 spiro atoms. The lowest BCUT2D eigenvalue weighted by Crippen LogP contribution is -1.73. The van der Waals surface area contributed by atoms with Crippen LogP contribution in [-0.4, -0.2) is 0 Å². The standard InChI is InChI=1S/C8H18.4ClH/c1-3-5-7-8-6-4-2;;;;/h3-8H2,1-2H3;4*1H. The lowest BCUT2D eigenvalue weighted by molar-refractivity contribution is 0.624. The molecule has 0 amide bonds. The summed E-state index contributed by atoms with van der Waals surface area (Å²) in [6, 6.07) is 0. The molecule has 0 heterocycles. The Balaban J connectivity index is -0.0000000408. The molecule has 0 aliphatic carbocycles. The van der Waals surface area contributed by atoms with Crippen molar-refractivity contribution in [3.05, 3.63) is 0 Å². The molecule has 12 heavy (non-hydrogen) atoms. The van der Waals surface area contributed by atoms with Gasteiger partial charge in [-0.15, -0.1) is 49.6 Å². The monoisotopic (exact) mass is 258 g/mol. The van der Waals surface area contributed by atoms with E-state index in [1.165, 1.54) is 38.5 Å². The average Bonchev–Trinajstić information content (AvgIpc) is 1.81. The molecule has 0 N–H and O–H groups in total. The Hall–Kier alpha value is 1.16. The normalized spacial score (nSPS) is 6.50. The Morgan fingerprint density at radius 2 is 0.750 bits per heavy atom. The maximum atomic E-state index is 2.26. The number of rotatable bonds is 5. The van der Waals surface area contributed by atoms with Crippen molar-refractivity contribution < 1.29 is 0 Å². The van der Waals surface area contributed by atoms with E-state index < -0.39 is 0 Å². The zero-order valence-corrected chi connectivity index (χ0v) is 11.1. The first-order valence-electron chi connectivity index (χ1n) is 3.91. The molecule has 0 saturated heterocycles. The summed E-state index contributed by atoms with van der Waals surface area (Å²) in [5.74, 6) is 0. The van der Waals surface area contributed by atoms with Gasteiger partial charge in [0.05, 0.1) is 0 Å². The van der Waals surface area contributed by atoms with Crippen LogP contribution in [0.15, 0.2) is 0 Å². The van der Waals surface area contributed by atoms with Crippen LogP contribution in [0.25, 0.3) is 0 Å². The second-order valence-electron chi connectivity index (χ2n) is 2.41. The summed E-state index contributed by atoms with van der Waals surface area (Å²) in [5.41, 5.74) is 0. The highest BCUT2D eigenvalue weighted by atomic mass is 35.5. The second-order valence-corrected chi connectivity index (χ2v) is 2.41. The summed E-state index contributed by atoms with van der Waals surface area (Å²) >= 11 is 0. The van der Waals surface area contributed by atoms with Crippen molar-refractivity contribution in [3.8, 4) is 0 Å². The number of hydrogen-bond acceptors (Lipinski definition) is 0. The summed E-state index contributed by atoms with van der Waals surface area (Å²) < 4.78 is 0. The zero-order valence-electron chi connectivity index (χ0n) is 7.88. The topological polar surface area (TPSA) is 0 Å². The van der Waals surface area contributed by atoms with E-state index in [2.05, 4.69) is 13.8 Å². The fourth-order valence-electron chi connectivity index (χ4n) is 0.854. The molecule has 0 bridgehead atoms. The van der Waals surface area contributed by atoms with Crippen LogP contribution in [0.1, 0.15) is 52.4 Å². The molecule has 0 aromatic carbocycles. The summed E-state index contributed by atoms with van der Waals surface area (Å²) in [5, 5.41) is 0. The lowest BCUT2D eigenvalue weighted by atomic mass is 10.1. The van der Waals surface area contributed by atoms with E-state index in [0.717, 1.165) is 0 Å². The first-order chi connectivity index (χ1) is 3.91. The minimum atomic E-state index is 0. The van der Waals surface area contributed by atoms with Crippen LogP contribution in [0.2, 0.25) is 0 Å².